The molecule has 2 aromatic rings. The molecule has 0 atom stereocenters. The van der Waals surface area contributed by atoms with E-state index in [0.717, 1.165) is 29.5 Å². The van der Waals surface area contributed by atoms with Crippen LogP contribution >= 0.6 is 15.9 Å². The van der Waals surface area contributed by atoms with Gasteiger partial charge in [-0.15, -0.1) is 0 Å². The zero-order valence-corrected chi connectivity index (χ0v) is 11.5. The van der Waals surface area contributed by atoms with Crippen LogP contribution in [0.2, 0.25) is 0 Å². The van der Waals surface area contributed by atoms with Gasteiger partial charge in [0.15, 0.2) is 0 Å². The highest BCUT2D eigenvalue weighted by Gasteiger charge is 2.18. The molecule has 1 aliphatic rings. The van der Waals surface area contributed by atoms with Crippen LogP contribution in [0.5, 0.6) is 0 Å². The van der Waals surface area contributed by atoms with Crippen LogP contribution in [0.4, 0.5) is 10.1 Å². The van der Waals surface area contributed by atoms with Gasteiger partial charge in [0.1, 0.15) is 5.82 Å². The Morgan fingerprint density at radius 3 is 2.83 bits per heavy atom. The highest BCUT2D eigenvalue weighted by Crippen LogP contribution is 2.29. The van der Waals surface area contributed by atoms with Gasteiger partial charge in [-0.2, -0.15) is 0 Å². The van der Waals surface area contributed by atoms with E-state index >= 15 is 0 Å². The average molecular weight is 306 g/mol. The minimum Gasteiger partial charge on any atom is -0.367 e. The molecule has 18 heavy (non-hydrogen) atoms. The number of benzene rings is 2. The molecule has 0 aromatic heterocycles. The Hall–Kier alpha value is -1.35. The zero-order valence-electron chi connectivity index (χ0n) is 9.87. The highest BCUT2D eigenvalue weighted by atomic mass is 79.9. The van der Waals surface area contributed by atoms with Gasteiger partial charge in [0.05, 0.1) is 0 Å². The Balaban J connectivity index is 1.86. The summed E-state index contributed by atoms with van der Waals surface area (Å²) in [6.45, 7) is 1.76. The molecule has 0 bridgehead atoms. The average Bonchev–Trinajstić information content (AvgIpc) is 2.72. The predicted octanol–water partition coefficient (Wildman–Crippen LogP) is 4.15. The molecule has 0 N–H and O–H groups in total. The van der Waals surface area contributed by atoms with Crippen molar-refractivity contribution in [3.05, 3.63) is 63.9 Å². The lowest BCUT2D eigenvalue weighted by Crippen LogP contribution is -2.19. The molecule has 3 rings (SSSR count). The van der Waals surface area contributed by atoms with Gasteiger partial charge in [-0.05, 0) is 41.8 Å². The van der Waals surface area contributed by atoms with Crippen molar-refractivity contribution in [1.29, 1.82) is 0 Å². The Labute approximate surface area is 114 Å². The maximum Gasteiger partial charge on any atom is 0.124 e. The summed E-state index contributed by atoms with van der Waals surface area (Å²) in [5.41, 5.74) is 3.66. The van der Waals surface area contributed by atoms with E-state index in [1.54, 1.807) is 6.07 Å². The lowest BCUT2D eigenvalue weighted by atomic mass is 10.1. The van der Waals surface area contributed by atoms with Crippen LogP contribution < -0.4 is 4.90 Å². The van der Waals surface area contributed by atoms with Crippen molar-refractivity contribution < 1.29 is 4.39 Å². The Morgan fingerprint density at radius 1 is 1.17 bits per heavy atom. The van der Waals surface area contributed by atoms with Gasteiger partial charge < -0.3 is 4.90 Å². The summed E-state index contributed by atoms with van der Waals surface area (Å²) in [5.74, 6) is -0.188. The topological polar surface area (TPSA) is 3.24 Å². The first-order valence-corrected chi connectivity index (χ1v) is 6.79. The van der Waals surface area contributed by atoms with Crippen molar-refractivity contribution in [2.75, 3.05) is 11.4 Å². The Kier molecular flexibility index (Phi) is 3.08. The van der Waals surface area contributed by atoms with Crippen molar-refractivity contribution in [3.8, 4) is 0 Å². The van der Waals surface area contributed by atoms with E-state index in [0.29, 0.717) is 0 Å². The van der Waals surface area contributed by atoms with Crippen LogP contribution in [0.1, 0.15) is 11.1 Å². The summed E-state index contributed by atoms with van der Waals surface area (Å²) in [5, 5.41) is 0. The lowest BCUT2D eigenvalue weighted by molar-refractivity contribution is 0.623. The molecule has 0 saturated heterocycles. The van der Waals surface area contributed by atoms with Crippen molar-refractivity contribution in [2.45, 2.75) is 13.0 Å². The van der Waals surface area contributed by atoms with Crippen molar-refractivity contribution in [3.63, 3.8) is 0 Å². The van der Waals surface area contributed by atoms with E-state index < -0.39 is 0 Å². The third-order valence-corrected chi connectivity index (χ3v) is 3.74. The first kappa shape index (κ1) is 11.7. The van der Waals surface area contributed by atoms with Gasteiger partial charge in [-0.1, -0.05) is 34.1 Å². The molecule has 0 unspecified atom stereocenters. The van der Waals surface area contributed by atoms with Gasteiger partial charge in [0.2, 0.25) is 0 Å². The SMILES string of the molecule is Fc1cc(Br)cc(CN2CCc3ccccc32)c1. The maximum absolute atomic E-state index is 13.3. The number of fused-ring (bicyclic) bond motifs is 1. The molecular weight excluding hydrogens is 293 g/mol. The molecular formula is C15H13BrFN. The van der Waals surface area contributed by atoms with Gasteiger partial charge in [0.25, 0.3) is 0 Å². The summed E-state index contributed by atoms with van der Waals surface area (Å²) in [4.78, 5) is 2.30. The summed E-state index contributed by atoms with van der Waals surface area (Å²) in [6.07, 6.45) is 1.08. The monoisotopic (exact) mass is 305 g/mol. The third kappa shape index (κ3) is 2.27. The van der Waals surface area contributed by atoms with Crippen LogP contribution in [0.3, 0.4) is 0 Å². The van der Waals surface area contributed by atoms with Gasteiger partial charge in [-0.3, -0.25) is 0 Å². The second-order valence-electron chi connectivity index (χ2n) is 4.58. The van der Waals surface area contributed by atoms with E-state index in [-0.39, 0.29) is 5.82 Å². The molecule has 2 aromatic carbocycles. The van der Waals surface area contributed by atoms with Gasteiger partial charge in [-0.25, -0.2) is 4.39 Å². The fourth-order valence-electron chi connectivity index (χ4n) is 2.49. The predicted molar refractivity (Wildman–Crippen MR) is 75.3 cm³/mol. The van der Waals surface area contributed by atoms with E-state index in [2.05, 4.69) is 45.1 Å². The molecule has 0 saturated carbocycles. The summed E-state index contributed by atoms with van der Waals surface area (Å²) < 4.78 is 14.1. The molecule has 0 fully saturated rings. The molecule has 1 aliphatic heterocycles. The number of hydrogen-bond acceptors (Lipinski definition) is 1. The number of anilines is 1. The minimum absolute atomic E-state index is 0.188. The largest absolute Gasteiger partial charge is 0.367 e. The second-order valence-corrected chi connectivity index (χ2v) is 5.49. The standard InChI is InChI=1S/C15H13BrFN/c16-13-7-11(8-14(17)9-13)10-18-6-5-12-3-1-2-4-15(12)18/h1-4,7-9H,5-6,10H2. The van der Waals surface area contributed by atoms with Crippen LogP contribution in [0.25, 0.3) is 0 Å². The van der Waals surface area contributed by atoms with Crippen molar-refractivity contribution >= 4 is 21.6 Å². The summed E-state index contributed by atoms with van der Waals surface area (Å²) in [6, 6.07) is 13.5. The molecule has 0 aliphatic carbocycles. The minimum atomic E-state index is -0.188. The first-order chi connectivity index (χ1) is 8.72. The Bertz CT molecular complexity index is 562. The van der Waals surface area contributed by atoms with Gasteiger partial charge in [0, 0.05) is 23.2 Å². The molecule has 0 radical (unpaired) electrons. The summed E-state index contributed by atoms with van der Waals surface area (Å²) >= 11 is 3.34. The fraction of sp³-hybridized carbons (Fsp3) is 0.200. The van der Waals surface area contributed by atoms with Crippen LogP contribution in [0.15, 0.2) is 46.9 Å². The molecule has 0 spiro atoms. The lowest BCUT2D eigenvalue weighted by Gasteiger charge is -2.19. The molecule has 0 amide bonds. The number of nitrogens with zero attached hydrogens (tertiary/aromatic N) is 1. The van der Waals surface area contributed by atoms with Crippen LogP contribution in [-0.4, -0.2) is 6.54 Å². The molecule has 3 heteroatoms. The maximum atomic E-state index is 13.3. The first-order valence-electron chi connectivity index (χ1n) is 6.00. The zero-order chi connectivity index (χ0) is 12.5. The summed E-state index contributed by atoms with van der Waals surface area (Å²) in [7, 11) is 0. The van der Waals surface area contributed by atoms with Gasteiger partial charge >= 0.3 is 0 Å². The number of halogens is 2. The second kappa shape index (κ2) is 4.73. The van der Waals surface area contributed by atoms with E-state index in [9.17, 15) is 4.39 Å². The number of hydrogen-bond donors (Lipinski definition) is 0. The molecule has 1 heterocycles. The Morgan fingerprint density at radius 2 is 2.00 bits per heavy atom. The third-order valence-electron chi connectivity index (χ3n) is 3.28. The highest BCUT2D eigenvalue weighted by molar-refractivity contribution is 9.10. The van der Waals surface area contributed by atoms with Crippen molar-refractivity contribution in [2.24, 2.45) is 0 Å². The number of para-hydroxylation sites is 1. The van der Waals surface area contributed by atoms with Crippen LogP contribution in [0, 0.1) is 5.82 Å². The quantitative estimate of drug-likeness (QED) is 0.805. The number of rotatable bonds is 2. The smallest absolute Gasteiger partial charge is 0.124 e. The van der Waals surface area contributed by atoms with E-state index in [1.807, 2.05) is 6.07 Å². The molecule has 1 nitrogen and oxygen atoms in total. The van der Waals surface area contributed by atoms with Crippen LogP contribution in [-0.2, 0) is 13.0 Å². The molecule has 92 valence electrons. The van der Waals surface area contributed by atoms with Crippen molar-refractivity contribution in [1.82, 2.24) is 0 Å². The fourth-order valence-corrected chi connectivity index (χ4v) is 3.01. The van der Waals surface area contributed by atoms with E-state index in [4.69, 9.17) is 0 Å². The van der Waals surface area contributed by atoms with E-state index in [1.165, 1.54) is 17.3 Å². The normalized spacial score (nSPS) is 13.8.